The van der Waals surface area contributed by atoms with Crippen LogP contribution in [0.4, 0.5) is 0 Å². The lowest BCUT2D eigenvalue weighted by Crippen LogP contribution is -2.01. The molecular formula is C12H16O4. The summed E-state index contributed by atoms with van der Waals surface area (Å²) >= 11 is 0. The number of rotatable bonds is 6. The van der Waals surface area contributed by atoms with Gasteiger partial charge in [-0.15, -0.1) is 0 Å². The van der Waals surface area contributed by atoms with E-state index in [4.69, 9.17) is 18.9 Å². The molecule has 16 heavy (non-hydrogen) atoms. The quantitative estimate of drug-likeness (QED) is 0.688. The first-order chi connectivity index (χ1) is 7.81. The Labute approximate surface area is 95.1 Å². The maximum Gasteiger partial charge on any atom is 0.122 e. The van der Waals surface area contributed by atoms with Crippen LogP contribution in [0.1, 0.15) is 5.56 Å². The van der Waals surface area contributed by atoms with Crippen LogP contribution in [0.5, 0.6) is 11.5 Å². The number of methoxy groups -OCH3 is 2. The smallest absolute Gasteiger partial charge is 0.122 e. The first-order valence-electron chi connectivity index (χ1n) is 5.23. The maximum atomic E-state index is 5.51. The molecule has 0 spiro atoms. The van der Waals surface area contributed by atoms with Gasteiger partial charge in [-0.05, 0) is 17.7 Å². The van der Waals surface area contributed by atoms with Crippen molar-refractivity contribution in [3.05, 3.63) is 23.8 Å². The molecule has 1 unspecified atom stereocenters. The molecule has 1 heterocycles. The third-order valence-corrected chi connectivity index (χ3v) is 2.39. The van der Waals surface area contributed by atoms with E-state index in [0.717, 1.165) is 23.7 Å². The summed E-state index contributed by atoms with van der Waals surface area (Å²) in [6, 6.07) is 5.72. The first-order valence-corrected chi connectivity index (χ1v) is 5.23. The van der Waals surface area contributed by atoms with Gasteiger partial charge in [-0.2, -0.15) is 0 Å². The fourth-order valence-corrected chi connectivity index (χ4v) is 1.42. The fourth-order valence-electron chi connectivity index (χ4n) is 1.42. The van der Waals surface area contributed by atoms with Crippen LogP contribution in [0.15, 0.2) is 18.2 Å². The lowest BCUT2D eigenvalue weighted by molar-refractivity contribution is 0.104. The summed E-state index contributed by atoms with van der Waals surface area (Å²) < 4.78 is 20.9. The Morgan fingerprint density at radius 3 is 2.31 bits per heavy atom. The van der Waals surface area contributed by atoms with Gasteiger partial charge in [-0.1, -0.05) is 0 Å². The van der Waals surface area contributed by atoms with Crippen LogP contribution in [0.3, 0.4) is 0 Å². The van der Waals surface area contributed by atoms with Crippen LogP contribution in [-0.2, 0) is 16.1 Å². The highest BCUT2D eigenvalue weighted by molar-refractivity contribution is 5.38. The maximum absolute atomic E-state index is 5.51. The predicted molar refractivity (Wildman–Crippen MR) is 58.9 cm³/mol. The van der Waals surface area contributed by atoms with E-state index in [2.05, 4.69) is 0 Å². The van der Waals surface area contributed by atoms with E-state index < -0.39 is 0 Å². The Kier molecular flexibility index (Phi) is 3.64. The Morgan fingerprint density at radius 1 is 1.19 bits per heavy atom. The van der Waals surface area contributed by atoms with Crippen molar-refractivity contribution < 1.29 is 18.9 Å². The van der Waals surface area contributed by atoms with E-state index >= 15 is 0 Å². The van der Waals surface area contributed by atoms with Gasteiger partial charge in [0.15, 0.2) is 0 Å². The molecule has 4 nitrogen and oxygen atoms in total. The van der Waals surface area contributed by atoms with Gasteiger partial charge >= 0.3 is 0 Å². The van der Waals surface area contributed by atoms with Crippen LogP contribution >= 0.6 is 0 Å². The molecule has 1 aromatic rings. The van der Waals surface area contributed by atoms with E-state index in [1.165, 1.54) is 0 Å². The van der Waals surface area contributed by atoms with E-state index in [1.807, 2.05) is 18.2 Å². The molecule has 4 heteroatoms. The van der Waals surface area contributed by atoms with Gasteiger partial charge in [0.05, 0.1) is 34.0 Å². The van der Waals surface area contributed by atoms with Crippen molar-refractivity contribution in [1.29, 1.82) is 0 Å². The topological polar surface area (TPSA) is 40.2 Å². The van der Waals surface area contributed by atoms with Gasteiger partial charge in [0, 0.05) is 6.07 Å². The van der Waals surface area contributed by atoms with Crippen LogP contribution in [0.2, 0.25) is 0 Å². The molecule has 1 fully saturated rings. The summed E-state index contributed by atoms with van der Waals surface area (Å²) in [6.45, 7) is 2.02. The van der Waals surface area contributed by atoms with Crippen molar-refractivity contribution in [3.8, 4) is 11.5 Å². The van der Waals surface area contributed by atoms with Crippen molar-refractivity contribution in [3.63, 3.8) is 0 Å². The molecule has 0 N–H and O–H groups in total. The van der Waals surface area contributed by atoms with Gasteiger partial charge < -0.3 is 18.9 Å². The van der Waals surface area contributed by atoms with Gasteiger partial charge in [-0.3, -0.25) is 0 Å². The second kappa shape index (κ2) is 5.18. The van der Waals surface area contributed by atoms with Crippen molar-refractivity contribution in [2.24, 2.45) is 0 Å². The third-order valence-electron chi connectivity index (χ3n) is 2.39. The average molecular weight is 224 g/mol. The number of benzene rings is 1. The standard InChI is InChI=1S/C12H16O4/c1-13-10-3-9(4-11(5-10)14-2)6-15-7-12-8-16-12/h3-5,12H,6-8H2,1-2H3. The number of hydrogen-bond acceptors (Lipinski definition) is 4. The number of ether oxygens (including phenoxy) is 4. The molecule has 0 saturated carbocycles. The summed E-state index contributed by atoms with van der Waals surface area (Å²) in [4.78, 5) is 0. The predicted octanol–water partition coefficient (Wildman–Crippen LogP) is 1.62. The van der Waals surface area contributed by atoms with E-state index in [-0.39, 0.29) is 0 Å². The van der Waals surface area contributed by atoms with Gasteiger partial charge in [0.1, 0.15) is 17.6 Å². The molecule has 0 aliphatic carbocycles. The van der Waals surface area contributed by atoms with Crippen LogP contribution in [-0.4, -0.2) is 33.5 Å². The van der Waals surface area contributed by atoms with E-state index in [9.17, 15) is 0 Å². The molecule has 1 aliphatic heterocycles. The summed E-state index contributed by atoms with van der Waals surface area (Å²) in [5, 5.41) is 0. The van der Waals surface area contributed by atoms with Gasteiger partial charge in [0.25, 0.3) is 0 Å². The zero-order valence-corrected chi connectivity index (χ0v) is 9.56. The minimum Gasteiger partial charge on any atom is -0.497 e. The SMILES string of the molecule is COc1cc(COCC2CO2)cc(OC)c1. The lowest BCUT2D eigenvalue weighted by atomic mass is 10.2. The van der Waals surface area contributed by atoms with Crippen molar-refractivity contribution >= 4 is 0 Å². The number of epoxide rings is 1. The highest BCUT2D eigenvalue weighted by Crippen LogP contribution is 2.23. The molecule has 88 valence electrons. The molecule has 1 atom stereocenters. The summed E-state index contributed by atoms with van der Waals surface area (Å²) in [6.07, 6.45) is 0.299. The lowest BCUT2D eigenvalue weighted by Gasteiger charge is -2.08. The fraction of sp³-hybridized carbons (Fsp3) is 0.500. The molecule has 0 radical (unpaired) electrons. The second-order valence-electron chi connectivity index (χ2n) is 3.69. The molecule has 0 aromatic heterocycles. The molecular weight excluding hydrogens is 208 g/mol. The Hall–Kier alpha value is -1.26. The monoisotopic (exact) mass is 224 g/mol. The minimum absolute atomic E-state index is 0.299. The molecule has 0 amide bonds. The largest absolute Gasteiger partial charge is 0.497 e. The Bertz CT molecular complexity index is 325. The van der Waals surface area contributed by atoms with Crippen LogP contribution < -0.4 is 9.47 Å². The van der Waals surface area contributed by atoms with Crippen molar-refractivity contribution in [1.82, 2.24) is 0 Å². The number of hydrogen-bond donors (Lipinski definition) is 0. The van der Waals surface area contributed by atoms with Crippen LogP contribution in [0.25, 0.3) is 0 Å². The molecule has 2 rings (SSSR count). The molecule has 1 saturated heterocycles. The Balaban J connectivity index is 1.94. The summed E-state index contributed by atoms with van der Waals surface area (Å²) in [5.41, 5.74) is 1.04. The zero-order chi connectivity index (χ0) is 11.4. The molecule has 1 aliphatic rings. The van der Waals surface area contributed by atoms with Crippen molar-refractivity contribution in [2.45, 2.75) is 12.7 Å². The normalized spacial score (nSPS) is 18.2. The minimum atomic E-state index is 0.299. The van der Waals surface area contributed by atoms with Gasteiger partial charge in [-0.25, -0.2) is 0 Å². The highest BCUT2D eigenvalue weighted by Gasteiger charge is 2.22. The van der Waals surface area contributed by atoms with E-state index in [0.29, 0.717) is 19.3 Å². The average Bonchev–Trinajstić information content (AvgIpc) is 3.12. The molecule has 0 bridgehead atoms. The second-order valence-corrected chi connectivity index (χ2v) is 3.69. The first kappa shape index (κ1) is 11.2. The third kappa shape index (κ3) is 3.12. The van der Waals surface area contributed by atoms with Gasteiger partial charge in [0.2, 0.25) is 0 Å². The van der Waals surface area contributed by atoms with E-state index in [1.54, 1.807) is 14.2 Å². The highest BCUT2D eigenvalue weighted by atomic mass is 16.6. The van der Waals surface area contributed by atoms with Crippen LogP contribution in [0, 0.1) is 0 Å². The van der Waals surface area contributed by atoms with Crippen molar-refractivity contribution in [2.75, 3.05) is 27.4 Å². The summed E-state index contributed by atoms with van der Waals surface area (Å²) in [5.74, 6) is 1.56. The molecule has 1 aromatic carbocycles. The zero-order valence-electron chi connectivity index (χ0n) is 9.56. The summed E-state index contributed by atoms with van der Waals surface area (Å²) in [7, 11) is 3.27. The Morgan fingerprint density at radius 2 is 1.81 bits per heavy atom.